The summed E-state index contributed by atoms with van der Waals surface area (Å²) in [6.45, 7) is 1.97. The van der Waals surface area contributed by atoms with Crippen molar-refractivity contribution in [1.82, 2.24) is 0 Å². The van der Waals surface area contributed by atoms with E-state index < -0.39 is 17.7 Å². The Bertz CT molecular complexity index is 1360. The number of amides is 1. The number of ether oxygens (including phenoxy) is 2. The lowest BCUT2D eigenvalue weighted by atomic mass is 9.94. The number of phenols is 1. The molecule has 2 saturated heterocycles. The molecule has 2 aliphatic heterocycles. The molecule has 1 unspecified atom stereocenters. The Morgan fingerprint density at radius 2 is 1.51 bits per heavy atom. The van der Waals surface area contributed by atoms with Crippen molar-refractivity contribution in [2.45, 2.75) is 18.9 Å². The Morgan fingerprint density at radius 3 is 2.14 bits per heavy atom. The molecular weight excluding hydrogens is 472 g/mol. The fraction of sp³-hybridized carbons (Fsp3) is 0.241. The number of aliphatic hydroxyl groups is 1. The number of aromatic hydroxyl groups is 1. The second kappa shape index (κ2) is 9.89. The van der Waals surface area contributed by atoms with Gasteiger partial charge in [-0.15, -0.1) is 0 Å². The van der Waals surface area contributed by atoms with E-state index in [4.69, 9.17) is 9.47 Å². The van der Waals surface area contributed by atoms with Gasteiger partial charge in [-0.2, -0.15) is 0 Å². The van der Waals surface area contributed by atoms with Gasteiger partial charge in [0.25, 0.3) is 11.7 Å². The summed E-state index contributed by atoms with van der Waals surface area (Å²) in [5, 5.41) is 21.3. The van der Waals surface area contributed by atoms with E-state index in [-0.39, 0.29) is 22.6 Å². The standard InChI is InChI=1S/C29H28N2O6/c1-36-22-13-14-23(24(17-22)37-2)27(33)25-26(18-5-11-21(32)12-6-18)31(29(35)28(25)34)20-9-7-19(8-10-20)30-15-3-4-16-30/h5-14,17,26,32-33H,3-4,15-16H2,1-2H3/b27-25-. The van der Waals surface area contributed by atoms with Gasteiger partial charge in [-0.05, 0) is 66.9 Å². The highest BCUT2D eigenvalue weighted by Gasteiger charge is 2.47. The summed E-state index contributed by atoms with van der Waals surface area (Å²) >= 11 is 0. The van der Waals surface area contributed by atoms with Gasteiger partial charge in [0.1, 0.15) is 23.0 Å². The zero-order valence-electron chi connectivity index (χ0n) is 20.7. The van der Waals surface area contributed by atoms with Crippen LogP contribution >= 0.6 is 0 Å². The van der Waals surface area contributed by atoms with E-state index in [1.54, 1.807) is 30.3 Å². The molecule has 8 nitrogen and oxygen atoms in total. The number of rotatable bonds is 6. The van der Waals surface area contributed by atoms with Crippen LogP contribution in [0.2, 0.25) is 0 Å². The molecule has 0 aromatic heterocycles. The van der Waals surface area contributed by atoms with Crippen LogP contribution in [0.3, 0.4) is 0 Å². The lowest BCUT2D eigenvalue weighted by molar-refractivity contribution is -0.132. The van der Waals surface area contributed by atoms with Gasteiger partial charge in [-0.1, -0.05) is 12.1 Å². The van der Waals surface area contributed by atoms with Gasteiger partial charge >= 0.3 is 0 Å². The highest BCUT2D eigenvalue weighted by molar-refractivity contribution is 6.51. The van der Waals surface area contributed by atoms with E-state index in [1.807, 2.05) is 24.3 Å². The zero-order chi connectivity index (χ0) is 26.1. The maximum atomic E-state index is 13.4. The molecular formula is C29H28N2O6. The van der Waals surface area contributed by atoms with Crippen LogP contribution in [0.5, 0.6) is 17.2 Å². The van der Waals surface area contributed by atoms with Gasteiger partial charge in [-0.3, -0.25) is 14.5 Å². The van der Waals surface area contributed by atoms with E-state index in [0.29, 0.717) is 22.7 Å². The van der Waals surface area contributed by atoms with E-state index in [1.165, 1.54) is 31.3 Å². The molecule has 8 heteroatoms. The maximum Gasteiger partial charge on any atom is 0.300 e. The number of ketones is 1. The Hall–Kier alpha value is -4.46. The Morgan fingerprint density at radius 1 is 0.865 bits per heavy atom. The first-order chi connectivity index (χ1) is 17.9. The molecule has 3 aromatic carbocycles. The molecule has 2 fully saturated rings. The number of benzene rings is 3. The van der Waals surface area contributed by atoms with E-state index in [2.05, 4.69) is 4.90 Å². The third-order valence-electron chi connectivity index (χ3n) is 6.92. The van der Waals surface area contributed by atoms with Crippen molar-refractivity contribution >= 4 is 28.8 Å². The summed E-state index contributed by atoms with van der Waals surface area (Å²) in [5.74, 6) is -1.05. The van der Waals surface area contributed by atoms with E-state index in [0.717, 1.165) is 31.6 Å². The summed E-state index contributed by atoms with van der Waals surface area (Å²) in [5.41, 5.74) is 2.35. The molecule has 0 saturated carbocycles. The number of carbonyl (C=O) groups is 2. The molecule has 1 atom stereocenters. The minimum atomic E-state index is -0.912. The number of carbonyl (C=O) groups excluding carboxylic acids is 2. The predicted molar refractivity (Wildman–Crippen MR) is 140 cm³/mol. The van der Waals surface area contributed by atoms with Gasteiger partial charge in [0.2, 0.25) is 0 Å². The topological polar surface area (TPSA) is 99.5 Å². The van der Waals surface area contributed by atoms with Gasteiger partial charge < -0.3 is 24.6 Å². The largest absolute Gasteiger partial charge is 0.508 e. The smallest absolute Gasteiger partial charge is 0.300 e. The first kappa shape index (κ1) is 24.2. The first-order valence-corrected chi connectivity index (χ1v) is 12.1. The molecule has 190 valence electrons. The van der Waals surface area contributed by atoms with Crippen LogP contribution in [0.4, 0.5) is 11.4 Å². The van der Waals surface area contributed by atoms with Crippen molar-refractivity contribution in [1.29, 1.82) is 0 Å². The number of nitrogens with zero attached hydrogens (tertiary/aromatic N) is 2. The molecule has 5 rings (SSSR count). The second-order valence-electron chi connectivity index (χ2n) is 9.04. The average molecular weight is 501 g/mol. The van der Waals surface area contributed by atoms with Crippen molar-refractivity contribution in [2.75, 3.05) is 37.1 Å². The van der Waals surface area contributed by atoms with Crippen LogP contribution in [0, 0.1) is 0 Å². The molecule has 0 bridgehead atoms. The molecule has 0 spiro atoms. The summed E-state index contributed by atoms with van der Waals surface area (Å²) in [4.78, 5) is 30.5. The summed E-state index contributed by atoms with van der Waals surface area (Å²) < 4.78 is 10.7. The number of Topliss-reactive ketones (excluding diaryl/α,β-unsaturated/α-hetero) is 1. The molecule has 1 amide bonds. The maximum absolute atomic E-state index is 13.4. The van der Waals surface area contributed by atoms with Crippen molar-refractivity contribution in [3.8, 4) is 17.2 Å². The van der Waals surface area contributed by atoms with Gasteiger partial charge in [0.05, 0.1) is 31.4 Å². The van der Waals surface area contributed by atoms with Crippen LogP contribution in [0.1, 0.15) is 30.0 Å². The van der Waals surface area contributed by atoms with Crippen molar-refractivity contribution < 1.29 is 29.3 Å². The number of anilines is 2. The average Bonchev–Trinajstić information content (AvgIpc) is 3.56. The number of hydrogen-bond acceptors (Lipinski definition) is 7. The number of phenolic OH excluding ortho intramolecular Hbond substituents is 1. The Kier molecular flexibility index (Phi) is 6.48. The molecule has 37 heavy (non-hydrogen) atoms. The Balaban J connectivity index is 1.64. The zero-order valence-corrected chi connectivity index (χ0v) is 20.7. The highest BCUT2D eigenvalue weighted by atomic mass is 16.5. The lowest BCUT2D eigenvalue weighted by Gasteiger charge is -2.26. The molecule has 2 aliphatic rings. The van der Waals surface area contributed by atoms with Crippen LogP contribution in [0.15, 0.2) is 72.3 Å². The van der Waals surface area contributed by atoms with Crippen molar-refractivity contribution in [3.05, 3.63) is 83.4 Å². The molecule has 0 aliphatic carbocycles. The van der Waals surface area contributed by atoms with Crippen LogP contribution in [-0.4, -0.2) is 49.2 Å². The number of methoxy groups -OCH3 is 2. The molecule has 2 N–H and O–H groups in total. The second-order valence-corrected chi connectivity index (χ2v) is 9.04. The summed E-state index contributed by atoms with van der Waals surface area (Å²) in [6, 6.07) is 17.7. The quantitative estimate of drug-likeness (QED) is 0.289. The van der Waals surface area contributed by atoms with Crippen LogP contribution in [0.25, 0.3) is 5.76 Å². The fourth-order valence-corrected chi connectivity index (χ4v) is 5.01. The molecule has 2 heterocycles. The van der Waals surface area contributed by atoms with Crippen LogP contribution < -0.4 is 19.3 Å². The molecule has 3 aromatic rings. The van der Waals surface area contributed by atoms with E-state index >= 15 is 0 Å². The third-order valence-corrected chi connectivity index (χ3v) is 6.92. The normalized spacial score (nSPS) is 18.9. The minimum absolute atomic E-state index is 0.0486. The fourth-order valence-electron chi connectivity index (χ4n) is 5.01. The minimum Gasteiger partial charge on any atom is -0.508 e. The lowest BCUT2D eigenvalue weighted by Crippen LogP contribution is -2.29. The van der Waals surface area contributed by atoms with E-state index in [9.17, 15) is 19.8 Å². The summed E-state index contributed by atoms with van der Waals surface area (Å²) in [7, 11) is 2.96. The molecule has 0 radical (unpaired) electrons. The Labute approximate surface area is 215 Å². The number of aliphatic hydroxyl groups excluding tert-OH is 1. The van der Waals surface area contributed by atoms with Crippen molar-refractivity contribution in [3.63, 3.8) is 0 Å². The SMILES string of the molecule is COc1ccc(/C(O)=C2/C(=O)C(=O)N(c3ccc(N4CCCC4)cc3)C2c2ccc(O)cc2)c(OC)c1. The van der Waals surface area contributed by atoms with Crippen molar-refractivity contribution in [2.24, 2.45) is 0 Å². The van der Waals surface area contributed by atoms with Crippen LogP contribution in [-0.2, 0) is 9.59 Å². The predicted octanol–water partition coefficient (Wildman–Crippen LogP) is 4.64. The van der Waals surface area contributed by atoms with Gasteiger partial charge in [-0.25, -0.2) is 0 Å². The number of hydrogen-bond donors (Lipinski definition) is 2. The van der Waals surface area contributed by atoms with Gasteiger partial charge in [0.15, 0.2) is 0 Å². The first-order valence-electron chi connectivity index (χ1n) is 12.1. The van der Waals surface area contributed by atoms with Gasteiger partial charge in [0, 0.05) is 30.5 Å². The monoisotopic (exact) mass is 500 g/mol. The highest BCUT2D eigenvalue weighted by Crippen LogP contribution is 2.44. The third kappa shape index (κ3) is 4.35. The summed E-state index contributed by atoms with van der Waals surface area (Å²) in [6.07, 6.45) is 2.29.